The number of benzene rings is 1. The summed E-state index contributed by atoms with van der Waals surface area (Å²) >= 11 is 1.46. The Morgan fingerprint density at radius 1 is 1.38 bits per heavy atom. The average molecular weight is 328 g/mol. The van der Waals surface area contributed by atoms with E-state index in [4.69, 9.17) is 5.11 Å². The molecule has 0 saturated carbocycles. The van der Waals surface area contributed by atoms with Gasteiger partial charge in [-0.1, -0.05) is 12.1 Å². The van der Waals surface area contributed by atoms with Crippen molar-refractivity contribution >= 4 is 37.5 Å². The molecule has 1 aromatic carbocycles. The Morgan fingerprint density at radius 2 is 2.10 bits per heavy atom. The molecule has 8 heteroatoms. The molecular weight excluding hydrogens is 312 g/mol. The molecule has 0 bridgehead atoms. The van der Waals surface area contributed by atoms with Gasteiger partial charge in [-0.05, 0) is 18.6 Å². The van der Waals surface area contributed by atoms with E-state index in [0.717, 1.165) is 15.2 Å². The smallest absolute Gasteiger partial charge is 0.303 e. The van der Waals surface area contributed by atoms with Crippen LogP contribution in [0, 0.1) is 0 Å². The molecule has 0 atom stereocenters. The highest BCUT2D eigenvalue weighted by molar-refractivity contribution is 7.89. The summed E-state index contributed by atoms with van der Waals surface area (Å²) in [6.07, 6.45) is -0.0317. The number of rotatable bonds is 7. The Bertz CT molecular complexity index is 706. The Hall–Kier alpha value is -1.51. The van der Waals surface area contributed by atoms with Crippen molar-refractivity contribution < 1.29 is 18.3 Å². The summed E-state index contributed by atoms with van der Waals surface area (Å²) in [7, 11) is -1.97. The molecule has 0 spiro atoms. The molecule has 0 radical (unpaired) electrons. The number of aromatic nitrogens is 1. The number of hydrogen-bond donors (Lipinski definition) is 1. The lowest BCUT2D eigenvalue weighted by Crippen LogP contribution is -2.29. The number of thiazole rings is 1. The first-order valence-corrected chi connectivity index (χ1v) is 8.81. The zero-order chi connectivity index (χ0) is 15.5. The van der Waals surface area contributed by atoms with Gasteiger partial charge in [-0.3, -0.25) is 4.79 Å². The van der Waals surface area contributed by atoms with Crippen LogP contribution in [0.3, 0.4) is 0 Å². The fourth-order valence-electron chi connectivity index (χ4n) is 1.84. The Morgan fingerprint density at radius 3 is 2.76 bits per heavy atom. The van der Waals surface area contributed by atoms with E-state index in [0.29, 0.717) is 0 Å². The van der Waals surface area contributed by atoms with Gasteiger partial charge in [-0.15, -0.1) is 11.3 Å². The normalized spacial score (nSPS) is 12.1. The van der Waals surface area contributed by atoms with Crippen molar-refractivity contribution in [1.82, 2.24) is 9.29 Å². The van der Waals surface area contributed by atoms with Gasteiger partial charge in [-0.2, -0.15) is 4.31 Å². The maximum absolute atomic E-state index is 12.0. The molecule has 1 aromatic heterocycles. The second-order valence-electron chi connectivity index (χ2n) is 4.64. The van der Waals surface area contributed by atoms with Gasteiger partial charge in [0.05, 0.1) is 22.5 Å². The predicted octanol–water partition coefficient (Wildman–Crippen LogP) is 1.92. The number of carbonyl (C=O) groups is 1. The first kappa shape index (κ1) is 15.9. The molecular formula is C13H16N2O4S2. The van der Waals surface area contributed by atoms with E-state index in [9.17, 15) is 13.2 Å². The monoisotopic (exact) mass is 328 g/mol. The molecule has 0 saturated heterocycles. The maximum atomic E-state index is 12.0. The standard InChI is InChI=1S/C13H16N2O4S2/c1-15(21(18,19)8-4-7-13(16)17)9-12-14-10-5-2-3-6-11(10)20-12/h2-3,5-6H,4,7-9H2,1H3,(H,16,17). The summed E-state index contributed by atoms with van der Waals surface area (Å²) < 4.78 is 26.3. The number of aliphatic carboxylic acids is 1. The van der Waals surface area contributed by atoms with Crippen LogP contribution in [-0.2, 0) is 21.4 Å². The molecule has 0 amide bonds. The van der Waals surface area contributed by atoms with Crippen molar-refractivity contribution in [1.29, 1.82) is 0 Å². The maximum Gasteiger partial charge on any atom is 0.303 e. The highest BCUT2D eigenvalue weighted by Crippen LogP contribution is 2.23. The number of hydrogen-bond acceptors (Lipinski definition) is 5. The summed E-state index contributed by atoms with van der Waals surface area (Å²) in [5, 5.41) is 9.27. The van der Waals surface area contributed by atoms with E-state index in [1.807, 2.05) is 24.3 Å². The number of para-hydroxylation sites is 1. The van der Waals surface area contributed by atoms with Gasteiger partial charge in [0, 0.05) is 13.5 Å². The molecule has 0 unspecified atom stereocenters. The molecule has 0 aliphatic heterocycles. The fourth-order valence-corrected chi connectivity index (χ4v) is 4.08. The summed E-state index contributed by atoms with van der Waals surface area (Å²) in [6, 6.07) is 7.63. The zero-order valence-electron chi connectivity index (χ0n) is 11.5. The van der Waals surface area contributed by atoms with E-state index in [2.05, 4.69) is 4.98 Å². The van der Waals surface area contributed by atoms with Crippen LogP contribution in [0.1, 0.15) is 17.8 Å². The summed E-state index contributed by atoms with van der Waals surface area (Å²) in [4.78, 5) is 14.8. The molecule has 0 fully saturated rings. The molecule has 2 aromatic rings. The summed E-state index contributed by atoms with van der Waals surface area (Å²) in [5.74, 6) is -1.15. The van der Waals surface area contributed by atoms with Gasteiger partial charge in [0.15, 0.2) is 0 Å². The summed E-state index contributed by atoms with van der Waals surface area (Å²) in [6.45, 7) is 0.203. The van der Waals surface area contributed by atoms with Crippen LogP contribution in [-0.4, -0.2) is 41.6 Å². The van der Waals surface area contributed by atoms with Crippen LogP contribution in [0.2, 0.25) is 0 Å². The minimum Gasteiger partial charge on any atom is -0.481 e. The lowest BCUT2D eigenvalue weighted by Gasteiger charge is -2.15. The molecule has 0 aliphatic carbocycles. The van der Waals surface area contributed by atoms with Gasteiger partial charge in [0.25, 0.3) is 0 Å². The van der Waals surface area contributed by atoms with E-state index in [-0.39, 0.29) is 25.1 Å². The molecule has 0 aliphatic rings. The van der Waals surface area contributed by atoms with E-state index < -0.39 is 16.0 Å². The fraction of sp³-hybridized carbons (Fsp3) is 0.385. The molecule has 114 valence electrons. The van der Waals surface area contributed by atoms with Gasteiger partial charge in [0.2, 0.25) is 10.0 Å². The van der Waals surface area contributed by atoms with E-state index >= 15 is 0 Å². The van der Waals surface area contributed by atoms with Crippen LogP contribution in [0.5, 0.6) is 0 Å². The number of carboxylic acid groups (broad SMARTS) is 1. The number of sulfonamides is 1. The lowest BCUT2D eigenvalue weighted by molar-refractivity contribution is -0.137. The lowest BCUT2D eigenvalue weighted by atomic mass is 10.3. The van der Waals surface area contributed by atoms with Crippen LogP contribution in [0.4, 0.5) is 0 Å². The van der Waals surface area contributed by atoms with Crippen molar-refractivity contribution in [3.63, 3.8) is 0 Å². The largest absolute Gasteiger partial charge is 0.481 e. The first-order valence-electron chi connectivity index (χ1n) is 6.39. The predicted molar refractivity (Wildman–Crippen MR) is 81.7 cm³/mol. The SMILES string of the molecule is CN(Cc1nc2ccccc2s1)S(=O)(=O)CCCC(=O)O. The number of fused-ring (bicyclic) bond motifs is 1. The first-order chi connectivity index (χ1) is 9.88. The number of carboxylic acids is 1. The quantitative estimate of drug-likeness (QED) is 0.839. The van der Waals surface area contributed by atoms with Crippen LogP contribution >= 0.6 is 11.3 Å². The average Bonchev–Trinajstić information content (AvgIpc) is 2.80. The van der Waals surface area contributed by atoms with Crippen LogP contribution in [0.15, 0.2) is 24.3 Å². The van der Waals surface area contributed by atoms with Crippen molar-refractivity contribution in [2.75, 3.05) is 12.8 Å². The topological polar surface area (TPSA) is 87.6 Å². The molecule has 1 N–H and O–H groups in total. The Balaban J connectivity index is 2.02. The highest BCUT2D eigenvalue weighted by atomic mass is 32.2. The molecule has 21 heavy (non-hydrogen) atoms. The Labute approximate surface area is 127 Å². The number of nitrogens with zero attached hydrogens (tertiary/aromatic N) is 2. The van der Waals surface area contributed by atoms with Crippen LogP contribution < -0.4 is 0 Å². The van der Waals surface area contributed by atoms with Gasteiger partial charge in [-0.25, -0.2) is 13.4 Å². The third-order valence-electron chi connectivity index (χ3n) is 2.96. The van der Waals surface area contributed by atoms with Crippen molar-refractivity contribution in [2.24, 2.45) is 0 Å². The molecule has 6 nitrogen and oxygen atoms in total. The van der Waals surface area contributed by atoms with Crippen molar-refractivity contribution in [3.8, 4) is 0 Å². The summed E-state index contributed by atoms with van der Waals surface area (Å²) in [5.41, 5.74) is 0.856. The highest BCUT2D eigenvalue weighted by Gasteiger charge is 2.19. The second-order valence-corrected chi connectivity index (χ2v) is 7.96. The zero-order valence-corrected chi connectivity index (χ0v) is 13.2. The van der Waals surface area contributed by atoms with Gasteiger partial charge in [0.1, 0.15) is 5.01 Å². The minimum absolute atomic E-state index is 0.113. The molecule has 1 heterocycles. The van der Waals surface area contributed by atoms with E-state index in [1.54, 1.807) is 0 Å². The Kier molecular flexibility index (Phi) is 4.92. The van der Waals surface area contributed by atoms with Gasteiger partial charge < -0.3 is 5.11 Å². The van der Waals surface area contributed by atoms with Crippen LogP contribution in [0.25, 0.3) is 10.2 Å². The second kappa shape index (κ2) is 6.50. The molecule has 2 rings (SSSR count). The minimum atomic E-state index is -3.45. The van der Waals surface area contributed by atoms with Crippen molar-refractivity contribution in [3.05, 3.63) is 29.3 Å². The van der Waals surface area contributed by atoms with Gasteiger partial charge >= 0.3 is 5.97 Å². The van der Waals surface area contributed by atoms with E-state index in [1.165, 1.54) is 22.7 Å². The van der Waals surface area contributed by atoms with Crippen molar-refractivity contribution in [2.45, 2.75) is 19.4 Å². The third kappa shape index (κ3) is 4.23. The third-order valence-corrected chi connectivity index (χ3v) is 5.87.